The maximum absolute atomic E-state index is 14.5. The SMILES string of the molecule is C[C@@H]1CCCCN1c1nc(N2C[C@@H]3[C@@H](CC(=O)O)[C@@H]3C2)c2c(n1)C(F)(F)CC2. The van der Waals surface area contributed by atoms with Crippen LogP contribution in [0.5, 0.6) is 0 Å². The van der Waals surface area contributed by atoms with E-state index in [-0.39, 0.29) is 30.5 Å². The molecule has 0 bridgehead atoms. The van der Waals surface area contributed by atoms with Gasteiger partial charge in [0.1, 0.15) is 11.5 Å². The van der Waals surface area contributed by atoms with Crippen LogP contribution in [0, 0.1) is 17.8 Å². The molecule has 0 radical (unpaired) electrons. The Morgan fingerprint density at radius 3 is 2.68 bits per heavy atom. The molecule has 1 aromatic heterocycles. The van der Waals surface area contributed by atoms with Crippen LogP contribution in [-0.4, -0.2) is 46.7 Å². The topological polar surface area (TPSA) is 69.6 Å². The zero-order chi connectivity index (χ0) is 19.6. The van der Waals surface area contributed by atoms with E-state index in [4.69, 9.17) is 10.1 Å². The van der Waals surface area contributed by atoms with Crippen molar-refractivity contribution in [2.24, 2.45) is 17.8 Å². The first-order valence-electron chi connectivity index (χ1n) is 10.4. The highest BCUT2D eigenvalue weighted by Crippen LogP contribution is 2.55. The molecule has 0 aromatic carbocycles. The van der Waals surface area contributed by atoms with E-state index in [1.807, 2.05) is 0 Å². The predicted molar refractivity (Wildman–Crippen MR) is 99.8 cm³/mol. The first kappa shape index (κ1) is 18.1. The van der Waals surface area contributed by atoms with E-state index in [9.17, 15) is 13.6 Å². The average Bonchev–Trinajstić information content (AvgIpc) is 2.99. The summed E-state index contributed by atoms with van der Waals surface area (Å²) in [6.45, 7) is 4.34. The van der Waals surface area contributed by atoms with Gasteiger partial charge in [0, 0.05) is 44.1 Å². The third kappa shape index (κ3) is 2.83. The monoisotopic (exact) mass is 392 g/mol. The fraction of sp³-hybridized carbons (Fsp3) is 0.750. The molecule has 152 valence electrons. The standard InChI is InChI=1S/C20H26F2N4O2/c1-11-4-2-3-7-26(11)19-23-17-12(5-6-20(17,21)22)18(24-19)25-9-14-13(8-16(27)28)15(14)10-25/h11,13-15H,2-10H2,1H3,(H,27,28)/t11-,13-,14-,15+/m1/s1. The van der Waals surface area contributed by atoms with Crippen molar-refractivity contribution in [2.75, 3.05) is 29.4 Å². The number of anilines is 2. The van der Waals surface area contributed by atoms with Crippen LogP contribution in [0.25, 0.3) is 0 Å². The summed E-state index contributed by atoms with van der Waals surface area (Å²) < 4.78 is 29.1. The maximum Gasteiger partial charge on any atom is 0.303 e. The number of rotatable bonds is 4. The van der Waals surface area contributed by atoms with Crippen molar-refractivity contribution in [3.8, 4) is 0 Å². The molecule has 0 spiro atoms. The number of carboxylic acids is 1. The summed E-state index contributed by atoms with van der Waals surface area (Å²) in [4.78, 5) is 24.3. The molecule has 3 fully saturated rings. The minimum absolute atomic E-state index is 0.0899. The number of hydrogen-bond donors (Lipinski definition) is 1. The summed E-state index contributed by atoms with van der Waals surface area (Å²) in [5, 5.41) is 9.03. The molecule has 0 amide bonds. The van der Waals surface area contributed by atoms with Gasteiger partial charge in [0.05, 0.1) is 0 Å². The van der Waals surface area contributed by atoms with Crippen LogP contribution in [0.2, 0.25) is 0 Å². The molecule has 4 aliphatic rings. The van der Waals surface area contributed by atoms with Crippen molar-refractivity contribution in [1.82, 2.24) is 9.97 Å². The largest absolute Gasteiger partial charge is 0.481 e. The first-order chi connectivity index (χ1) is 13.3. The summed E-state index contributed by atoms with van der Waals surface area (Å²) in [5.41, 5.74) is 0.502. The van der Waals surface area contributed by atoms with Crippen molar-refractivity contribution in [3.05, 3.63) is 11.3 Å². The summed E-state index contributed by atoms with van der Waals surface area (Å²) in [5.74, 6) is -1.63. The van der Waals surface area contributed by atoms with E-state index >= 15 is 0 Å². The van der Waals surface area contributed by atoms with E-state index in [1.54, 1.807) is 0 Å². The lowest BCUT2D eigenvalue weighted by Crippen LogP contribution is -2.39. The Kier molecular flexibility index (Phi) is 4.04. The van der Waals surface area contributed by atoms with E-state index in [1.165, 1.54) is 0 Å². The summed E-state index contributed by atoms with van der Waals surface area (Å²) >= 11 is 0. The third-order valence-corrected chi connectivity index (χ3v) is 7.15. The lowest BCUT2D eigenvalue weighted by Gasteiger charge is -2.34. The van der Waals surface area contributed by atoms with Crippen LogP contribution in [-0.2, 0) is 17.1 Å². The predicted octanol–water partition coefficient (Wildman–Crippen LogP) is 3.05. The normalized spacial score (nSPS) is 33.0. The zero-order valence-corrected chi connectivity index (χ0v) is 16.1. The second-order valence-corrected chi connectivity index (χ2v) is 8.91. The van der Waals surface area contributed by atoms with Gasteiger partial charge in [-0.15, -0.1) is 0 Å². The number of piperidine rings is 2. The van der Waals surface area contributed by atoms with Gasteiger partial charge in [-0.1, -0.05) is 0 Å². The Bertz CT molecular complexity index is 806. The minimum atomic E-state index is -2.89. The van der Waals surface area contributed by atoms with Crippen LogP contribution in [0.3, 0.4) is 0 Å². The number of aromatic nitrogens is 2. The Labute approximate surface area is 162 Å². The van der Waals surface area contributed by atoms with Crippen LogP contribution in [0.15, 0.2) is 0 Å². The molecule has 3 heterocycles. The summed E-state index contributed by atoms with van der Waals surface area (Å²) in [6.07, 6.45) is 3.51. The highest BCUT2D eigenvalue weighted by Gasteiger charge is 2.57. The fourth-order valence-electron chi connectivity index (χ4n) is 5.51. The number of alkyl halides is 2. The zero-order valence-electron chi connectivity index (χ0n) is 16.1. The summed E-state index contributed by atoms with van der Waals surface area (Å²) in [7, 11) is 0. The van der Waals surface area contributed by atoms with Crippen molar-refractivity contribution in [2.45, 2.75) is 57.4 Å². The van der Waals surface area contributed by atoms with E-state index in [0.717, 1.165) is 25.8 Å². The Morgan fingerprint density at radius 1 is 1.25 bits per heavy atom. The van der Waals surface area contributed by atoms with Crippen molar-refractivity contribution in [3.63, 3.8) is 0 Å². The molecule has 2 aliphatic heterocycles. The van der Waals surface area contributed by atoms with Gasteiger partial charge < -0.3 is 14.9 Å². The summed E-state index contributed by atoms with van der Waals surface area (Å²) in [6, 6.07) is 0.251. The van der Waals surface area contributed by atoms with Crippen LogP contribution < -0.4 is 9.80 Å². The van der Waals surface area contributed by atoms with Gasteiger partial charge in [-0.25, -0.2) is 4.98 Å². The molecular formula is C20H26F2N4O2. The highest BCUT2D eigenvalue weighted by molar-refractivity contribution is 5.68. The van der Waals surface area contributed by atoms with Crippen molar-refractivity contribution in [1.29, 1.82) is 0 Å². The molecule has 8 heteroatoms. The number of carboxylic acid groups (broad SMARTS) is 1. The molecule has 2 saturated heterocycles. The number of hydrogen-bond acceptors (Lipinski definition) is 5. The number of fused-ring (bicyclic) bond motifs is 2. The molecule has 5 rings (SSSR count). The van der Waals surface area contributed by atoms with Gasteiger partial charge >= 0.3 is 5.97 Å². The van der Waals surface area contributed by atoms with Gasteiger partial charge in [-0.05, 0) is 50.4 Å². The Balaban J connectivity index is 1.46. The molecule has 0 unspecified atom stereocenters. The lowest BCUT2D eigenvalue weighted by atomic mass is 10.0. The number of aliphatic carboxylic acids is 1. The molecule has 4 atom stereocenters. The van der Waals surface area contributed by atoms with Gasteiger partial charge in [-0.3, -0.25) is 4.79 Å². The van der Waals surface area contributed by atoms with E-state index in [2.05, 4.69) is 21.7 Å². The lowest BCUT2D eigenvalue weighted by molar-refractivity contribution is -0.137. The Morgan fingerprint density at radius 2 is 2.00 bits per heavy atom. The highest BCUT2D eigenvalue weighted by atomic mass is 19.3. The number of nitrogens with zero attached hydrogens (tertiary/aromatic N) is 4. The smallest absolute Gasteiger partial charge is 0.303 e. The molecule has 1 aromatic rings. The third-order valence-electron chi connectivity index (χ3n) is 7.15. The van der Waals surface area contributed by atoms with Gasteiger partial charge in [-0.2, -0.15) is 13.8 Å². The van der Waals surface area contributed by atoms with Crippen molar-refractivity contribution >= 4 is 17.7 Å². The number of carbonyl (C=O) groups is 1. The second kappa shape index (κ2) is 6.26. The maximum atomic E-state index is 14.5. The number of halogens is 2. The van der Waals surface area contributed by atoms with E-state index < -0.39 is 11.9 Å². The molecule has 2 aliphatic carbocycles. The first-order valence-corrected chi connectivity index (χ1v) is 10.4. The fourth-order valence-corrected chi connectivity index (χ4v) is 5.51. The molecule has 28 heavy (non-hydrogen) atoms. The van der Waals surface area contributed by atoms with E-state index in [0.29, 0.717) is 48.7 Å². The van der Waals surface area contributed by atoms with Crippen LogP contribution >= 0.6 is 0 Å². The minimum Gasteiger partial charge on any atom is -0.481 e. The molecule has 1 N–H and O–H groups in total. The van der Waals surface area contributed by atoms with Crippen LogP contribution in [0.4, 0.5) is 20.5 Å². The molecule has 1 saturated carbocycles. The Hall–Kier alpha value is -1.99. The van der Waals surface area contributed by atoms with Gasteiger partial charge in [0.15, 0.2) is 0 Å². The quantitative estimate of drug-likeness (QED) is 0.849. The van der Waals surface area contributed by atoms with Crippen molar-refractivity contribution < 1.29 is 18.7 Å². The average molecular weight is 392 g/mol. The van der Waals surface area contributed by atoms with Gasteiger partial charge in [0.2, 0.25) is 5.95 Å². The van der Waals surface area contributed by atoms with Crippen LogP contribution in [0.1, 0.15) is 50.3 Å². The second-order valence-electron chi connectivity index (χ2n) is 8.91. The molecular weight excluding hydrogens is 366 g/mol. The molecule has 6 nitrogen and oxygen atoms in total. The van der Waals surface area contributed by atoms with Gasteiger partial charge in [0.25, 0.3) is 5.92 Å².